The van der Waals surface area contributed by atoms with Crippen molar-refractivity contribution < 1.29 is 24.6 Å². The molecule has 0 aliphatic carbocycles. The first-order valence-corrected chi connectivity index (χ1v) is 3.83. The van der Waals surface area contributed by atoms with Gasteiger partial charge in [-0.1, -0.05) is 0 Å². The van der Waals surface area contributed by atoms with E-state index in [1.165, 1.54) is 0 Å². The standard InChI is InChI=1S/C9H7NO5.2Na/c10-7(11)4-1-5(8(12)13)3-6(2-4)9(14)15;;/h1-3H,(H2,10,11)(H,12,13)(H,14,15);;. The van der Waals surface area contributed by atoms with Crippen LogP contribution in [0.25, 0.3) is 0 Å². The van der Waals surface area contributed by atoms with Crippen LogP contribution in [-0.4, -0.2) is 87.2 Å². The molecule has 6 nitrogen and oxygen atoms in total. The third kappa shape index (κ3) is 5.20. The minimum absolute atomic E-state index is 0. The van der Waals surface area contributed by atoms with Crippen molar-refractivity contribution in [3.63, 3.8) is 0 Å². The number of carbonyl (C=O) groups excluding carboxylic acids is 1. The normalized spacial score (nSPS) is 8.47. The van der Waals surface area contributed by atoms with Gasteiger partial charge in [0.1, 0.15) is 0 Å². The van der Waals surface area contributed by atoms with Crippen molar-refractivity contribution in [2.75, 3.05) is 0 Å². The molecule has 4 N–H and O–H groups in total. The van der Waals surface area contributed by atoms with E-state index >= 15 is 0 Å². The van der Waals surface area contributed by atoms with Gasteiger partial charge in [-0.05, 0) is 18.2 Å². The molecule has 0 fully saturated rings. The van der Waals surface area contributed by atoms with Gasteiger partial charge in [0.25, 0.3) is 0 Å². The number of carboxylic acid groups (broad SMARTS) is 2. The Labute approximate surface area is 141 Å². The number of benzene rings is 1. The molecule has 2 radical (unpaired) electrons. The average Bonchev–Trinajstić information content (AvgIpc) is 2.16. The predicted octanol–water partition coefficient (Wildman–Crippen LogP) is -0.580. The van der Waals surface area contributed by atoms with Crippen molar-refractivity contribution in [2.24, 2.45) is 5.73 Å². The number of hydrogen-bond donors (Lipinski definition) is 3. The molecule has 0 aromatic heterocycles. The van der Waals surface area contributed by atoms with E-state index in [0.717, 1.165) is 18.2 Å². The number of carboxylic acids is 2. The Morgan fingerprint density at radius 1 is 0.824 bits per heavy atom. The number of carbonyl (C=O) groups is 3. The average molecular weight is 255 g/mol. The van der Waals surface area contributed by atoms with E-state index in [0.29, 0.717) is 0 Å². The molecule has 8 heteroatoms. The topological polar surface area (TPSA) is 118 Å². The van der Waals surface area contributed by atoms with Crippen LogP contribution in [0.3, 0.4) is 0 Å². The first kappa shape index (κ1) is 19.0. The summed E-state index contributed by atoms with van der Waals surface area (Å²) in [6, 6.07) is 3.01. The maximum atomic E-state index is 10.8. The summed E-state index contributed by atoms with van der Waals surface area (Å²) in [5, 5.41) is 17.3. The van der Waals surface area contributed by atoms with Gasteiger partial charge in [0.05, 0.1) is 11.1 Å². The summed E-state index contributed by atoms with van der Waals surface area (Å²) in [5.41, 5.74) is 4.20. The van der Waals surface area contributed by atoms with Gasteiger partial charge in [0.15, 0.2) is 0 Å². The predicted molar refractivity (Wildman–Crippen MR) is 60.4 cm³/mol. The molecule has 0 bridgehead atoms. The van der Waals surface area contributed by atoms with Gasteiger partial charge in [0, 0.05) is 64.7 Å². The molecule has 1 rings (SSSR count). The van der Waals surface area contributed by atoms with Crippen molar-refractivity contribution in [1.29, 1.82) is 0 Å². The number of hydrogen-bond acceptors (Lipinski definition) is 3. The van der Waals surface area contributed by atoms with E-state index in [9.17, 15) is 14.4 Å². The van der Waals surface area contributed by atoms with E-state index in [1.54, 1.807) is 0 Å². The van der Waals surface area contributed by atoms with Crippen molar-refractivity contribution in [1.82, 2.24) is 0 Å². The van der Waals surface area contributed by atoms with Crippen LogP contribution in [0.1, 0.15) is 31.1 Å². The first-order valence-electron chi connectivity index (χ1n) is 3.83. The number of amides is 1. The van der Waals surface area contributed by atoms with Gasteiger partial charge in [0.2, 0.25) is 5.91 Å². The van der Waals surface area contributed by atoms with Gasteiger partial charge in [-0.3, -0.25) is 4.79 Å². The first-order chi connectivity index (χ1) is 6.91. The van der Waals surface area contributed by atoms with Crippen molar-refractivity contribution in [2.45, 2.75) is 0 Å². The second kappa shape index (κ2) is 7.86. The van der Waals surface area contributed by atoms with Crippen LogP contribution in [0.2, 0.25) is 0 Å². The summed E-state index contributed by atoms with van der Waals surface area (Å²) in [5.74, 6) is -3.51. The molecule has 0 aliphatic rings. The minimum Gasteiger partial charge on any atom is -0.478 e. The van der Waals surface area contributed by atoms with Gasteiger partial charge in [-0.25, -0.2) is 9.59 Å². The summed E-state index contributed by atoms with van der Waals surface area (Å²) in [6.07, 6.45) is 0. The quantitative estimate of drug-likeness (QED) is 0.624. The zero-order valence-electron chi connectivity index (χ0n) is 9.43. The summed E-state index contributed by atoms with van der Waals surface area (Å²) < 4.78 is 0. The smallest absolute Gasteiger partial charge is 0.335 e. The summed E-state index contributed by atoms with van der Waals surface area (Å²) >= 11 is 0. The van der Waals surface area contributed by atoms with Crippen LogP contribution in [0.15, 0.2) is 18.2 Å². The minimum atomic E-state index is -1.32. The maximum Gasteiger partial charge on any atom is 0.335 e. The molecular weight excluding hydrogens is 248 g/mol. The Morgan fingerprint density at radius 3 is 1.35 bits per heavy atom. The van der Waals surface area contributed by atoms with E-state index in [1.807, 2.05) is 0 Å². The van der Waals surface area contributed by atoms with Crippen LogP contribution in [-0.2, 0) is 0 Å². The molecular formula is C9H7NNa2O5. The Balaban J connectivity index is 0. The van der Waals surface area contributed by atoms with Gasteiger partial charge in [-0.2, -0.15) is 0 Å². The fourth-order valence-corrected chi connectivity index (χ4v) is 1.02. The molecule has 1 aromatic carbocycles. The summed E-state index contributed by atoms with van der Waals surface area (Å²) in [7, 11) is 0. The Morgan fingerprint density at radius 2 is 1.12 bits per heavy atom. The van der Waals surface area contributed by atoms with E-state index in [-0.39, 0.29) is 75.8 Å². The third-order valence-electron chi connectivity index (χ3n) is 1.71. The van der Waals surface area contributed by atoms with Crippen molar-refractivity contribution >= 4 is 77.0 Å². The second-order valence-electron chi connectivity index (χ2n) is 2.77. The van der Waals surface area contributed by atoms with Crippen LogP contribution in [0.4, 0.5) is 0 Å². The molecule has 0 aliphatic heterocycles. The van der Waals surface area contributed by atoms with E-state index < -0.39 is 17.8 Å². The van der Waals surface area contributed by atoms with Gasteiger partial charge in [-0.15, -0.1) is 0 Å². The molecule has 0 unspecified atom stereocenters. The number of primary amides is 1. The largest absolute Gasteiger partial charge is 0.478 e. The zero-order valence-corrected chi connectivity index (χ0v) is 13.4. The fraction of sp³-hybridized carbons (Fsp3) is 0. The molecule has 1 aromatic rings. The Bertz CT molecular complexity index is 382. The Hall–Kier alpha value is -0.370. The maximum absolute atomic E-state index is 10.8. The van der Waals surface area contributed by atoms with Crippen LogP contribution in [0, 0.1) is 0 Å². The van der Waals surface area contributed by atoms with Crippen molar-refractivity contribution in [3.8, 4) is 0 Å². The van der Waals surface area contributed by atoms with E-state index in [4.69, 9.17) is 15.9 Å². The van der Waals surface area contributed by atoms with Crippen LogP contribution >= 0.6 is 0 Å². The van der Waals surface area contributed by atoms with Gasteiger partial charge < -0.3 is 15.9 Å². The van der Waals surface area contributed by atoms with Crippen molar-refractivity contribution in [3.05, 3.63) is 34.9 Å². The molecule has 0 spiro atoms. The molecule has 1 amide bonds. The Kier molecular flexibility index (Phi) is 8.78. The second-order valence-corrected chi connectivity index (χ2v) is 2.77. The fourth-order valence-electron chi connectivity index (χ4n) is 1.02. The number of nitrogens with two attached hydrogens (primary N) is 1. The number of aromatic carboxylic acids is 2. The zero-order chi connectivity index (χ0) is 11.6. The SMILES string of the molecule is NC(=O)c1cc(C(=O)O)cc(C(=O)O)c1.[Na].[Na]. The van der Waals surface area contributed by atoms with Crippen LogP contribution in [0.5, 0.6) is 0 Å². The summed E-state index contributed by atoms with van der Waals surface area (Å²) in [6.45, 7) is 0. The van der Waals surface area contributed by atoms with Crippen LogP contribution < -0.4 is 5.73 Å². The molecule has 0 saturated carbocycles. The molecule has 0 saturated heterocycles. The monoisotopic (exact) mass is 255 g/mol. The molecule has 80 valence electrons. The van der Waals surface area contributed by atoms with Gasteiger partial charge >= 0.3 is 11.9 Å². The molecule has 0 heterocycles. The number of rotatable bonds is 3. The third-order valence-corrected chi connectivity index (χ3v) is 1.71. The molecule has 0 atom stereocenters. The molecule has 17 heavy (non-hydrogen) atoms. The summed E-state index contributed by atoms with van der Waals surface area (Å²) in [4.78, 5) is 32.0. The van der Waals surface area contributed by atoms with E-state index in [2.05, 4.69) is 0 Å².